The van der Waals surface area contributed by atoms with Crippen molar-refractivity contribution in [3.8, 4) is 0 Å². The number of benzene rings is 1. The van der Waals surface area contributed by atoms with Crippen LogP contribution < -0.4 is 5.32 Å². The maximum Gasteiger partial charge on any atom is 0.321 e. The smallest absolute Gasteiger partial charge is 0.321 e. The number of amides is 2. The Bertz CT molecular complexity index is 662. The third kappa shape index (κ3) is 5.32. The number of carbonyl (C=O) groups is 1. The van der Waals surface area contributed by atoms with Crippen LogP contribution >= 0.6 is 0 Å². The van der Waals surface area contributed by atoms with Gasteiger partial charge in [0.05, 0.1) is 6.33 Å². The fourth-order valence-corrected chi connectivity index (χ4v) is 3.17. The number of aryl methyl sites for hydroxylation is 2. The van der Waals surface area contributed by atoms with E-state index in [4.69, 9.17) is 0 Å². The zero-order valence-corrected chi connectivity index (χ0v) is 14.9. The van der Waals surface area contributed by atoms with Gasteiger partial charge >= 0.3 is 6.03 Å². The highest BCUT2D eigenvalue weighted by Crippen LogP contribution is 2.12. The summed E-state index contributed by atoms with van der Waals surface area (Å²) in [5.74, 6) is 0. The second kappa shape index (κ2) is 8.67. The number of anilines is 1. The molecule has 2 N–H and O–H groups in total. The molecule has 6 heteroatoms. The maximum atomic E-state index is 12.4. The van der Waals surface area contributed by atoms with Crippen molar-refractivity contribution >= 4 is 11.7 Å². The first-order valence-corrected chi connectivity index (χ1v) is 9.03. The Hall–Kier alpha value is -2.34. The number of rotatable bonds is 6. The Balaban J connectivity index is 1.34. The number of carbonyl (C=O) groups excluding carboxylic acids is 1. The zero-order valence-electron chi connectivity index (χ0n) is 14.9. The lowest BCUT2D eigenvalue weighted by Crippen LogP contribution is -2.50. The van der Waals surface area contributed by atoms with Gasteiger partial charge in [0.1, 0.15) is 0 Å². The highest BCUT2D eigenvalue weighted by Gasteiger charge is 2.20. The van der Waals surface area contributed by atoms with Gasteiger partial charge in [-0.05, 0) is 50.4 Å². The van der Waals surface area contributed by atoms with Crippen molar-refractivity contribution in [1.29, 1.82) is 0 Å². The van der Waals surface area contributed by atoms with Crippen LogP contribution in [0.2, 0.25) is 0 Å². The molecule has 0 aliphatic carbocycles. The lowest BCUT2D eigenvalue weighted by molar-refractivity contribution is 0.146. The third-order valence-electron chi connectivity index (χ3n) is 4.65. The summed E-state index contributed by atoms with van der Waals surface area (Å²) in [6.45, 7) is 6.61. The maximum absolute atomic E-state index is 12.4. The zero-order chi connectivity index (χ0) is 17.5. The summed E-state index contributed by atoms with van der Waals surface area (Å²) >= 11 is 0. The molecule has 1 aliphatic heterocycles. The van der Waals surface area contributed by atoms with E-state index < -0.39 is 0 Å². The van der Waals surface area contributed by atoms with Gasteiger partial charge < -0.3 is 15.2 Å². The Morgan fingerprint density at radius 2 is 2.08 bits per heavy atom. The summed E-state index contributed by atoms with van der Waals surface area (Å²) in [6.07, 6.45) is 7.02. The molecule has 6 nitrogen and oxygen atoms in total. The molecule has 134 valence electrons. The van der Waals surface area contributed by atoms with E-state index in [1.807, 2.05) is 42.3 Å². The van der Waals surface area contributed by atoms with E-state index in [1.165, 1.54) is 12.1 Å². The third-order valence-corrected chi connectivity index (χ3v) is 4.65. The Labute approximate surface area is 149 Å². The van der Waals surface area contributed by atoms with E-state index in [1.54, 1.807) is 6.33 Å². The molecule has 1 fully saturated rings. The minimum Gasteiger partial charge on any atom is -0.348 e. The molecular formula is C19H27N5O. The average molecular weight is 341 g/mol. The molecule has 2 aromatic rings. The van der Waals surface area contributed by atoms with Gasteiger partial charge in [0.15, 0.2) is 0 Å². The van der Waals surface area contributed by atoms with E-state index in [0.717, 1.165) is 56.8 Å². The normalized spacial score (nSPS) is 15.3. The van der Waals surface area contributed by atoms with Gasteiger partial charge in [-0.15, -0.1) is 0 Å². The fourth-order valence-electron chi connectivity index (χ4n) is 3.17. The predicted molar refractivity (Wildman–Crippen MR) is 99.7 cm³/mol. The minimum absolute atomic E-state index is 0.00416. The van der Waals surface area contributed by atoms with Crippen molar-refractivity contribution in [2.75, 3.05) is 38.0 Å². The number of unbranched alkanes of at least 4 members (excludes halogenated alkanes) is 1. The summed E-state index contributed by atoms with van der Waals surface area (Å²) < 4.78 is 0. The van der Waals surface area contributed by atoms with Gasteiger partial charge in [-0.2, -0.15) is 0 Å². The minimum atomic E-state index is 0.00416. The van der Waals surface area contributed by atoms with Crippen molar-refractivity contribution in [1.82, 2.24) is 19.8 Å². The van der Waals surface area contributed by atoms with E-state index in [0.29, 0.717) is 0 Å². The molecule has 0 saturated carbocycles. The van der Waals surface area contributed by atoms with Gasteiger partial charge in [0.25, 0.3) is 0 Å². The van der Waals surface area contributed by atoms with E-state index >= 15 is 0 Å². The van der Waals surface area contributed by atoms with Crippen molar-refractivity contribution in [3.63, 3.8) is 0 Å². The highest BCUT2D eigenvalue weighted by molar-refractivity contribution is 5.89. The van der Waals surface area contributed by atoms with Crippen LogP contribution in [0.15, 0.2) is 36.8 Å². The first-order valence-electron chi connectivity index (χ1n) is 9.03. The van der Waals surface area contributed by atoms with Crippen molar-refractivity contribution in [2.24, 2.45) is 0 Å². The van der Waals surface area contributed by atoms with Crippen LogP contribution in [-0.2, 0) is 6.42 Å². The molecule has 25 heavy (non-hydrogen) atoms. The van der Waals surface area contributed by atoms with Gasteiger partial charge in [0.2, 0.25) is 0 Å². The van der Waals surface area contributed by atoms with Crippen molar-refractivity contribution in [2.45, 2.75) is 26.2 Å². The Kier molecular flexibility index (Phi) is 6.06. The lowest BCUT2D eigenvalue weighted by atomic mass is 10.2. The summed E-state index contributed by atoms with van der Waals surface area (Å²) in [5, 5.41) is 2.99. The van der Waals surface area contributed by atoms with Crippen LogP contribution in [0.1, 0.15) is 24.1 Å². The SMILES string of the molecule is Cc1cccc(NC(=O)N2CCN(CCCCc3cnc[nH]3)CC2)c1. The molecular weight excluding hydrogens is 314 g/mol. The van der Waals surface area contributed by atoms with Crippen LogP contribution in [0, 0.1) is 6.92 Å². The molecule has 1 aliphatic rings. The molecule has 2 heterocycles. The van der Waals surface area contributed by atoms with Crippen LogP contribution in [0.3, 0.4) is 0 Å². The number of aromatic amines is 1. The molecule has 1 saturated heterocycles. The molecule has 0 radical (unpaired) electrons. The number of hydrogen-bond donors (Lipinski definition) is 2. The topological polar surface area (TPSA) is 64.3 Å². The lowest BCUT2D eigenvalue weighted by Gasteiger charge is -2.34. The number of aromatic nitrogens is 2. The van der Waals surface area contributed by atoms with Crippen LogP contribution in [0.4, 0.5) is 10.5 Å². The quantitative estimate of drug-likeness (QED) is 0.794. The predicted octanol–water partition coefficient (Wildman–Crippen LogP) is 2.89. The van der Waals surface area contributed by atoms with E-state index in [9.17, 15) is 4.79 Å². The van der Waals surface area contributed by atoms with Gasteiger partial charge in [-0.1, -0.05) is 12.1 Å². The Morgan fingerprint density at radius 3 is 2.80 bits per heavy atom. The number of urea groups is 1. The molecule has 0 atom stereocenters. The van der Waals surface area contributed by atoms with Gasteiger partial charge in [-0.25, -0.2) is 9.78 Å². The second-order valence-corrected chi connectivity index (χ2v) is 6.66. The first kappa shape index (κ1) is 17.5. The fraction of sp³-hybridized carbons (Fsp3) is 0.474. The molecule has 0 bridgehead atoms. The first-order chi connectivity index (χ1) is 12.2. The molecule has 1 aromatic heterocycles. The van der Waals surface area contributed by atoms with Crippen molar-refractivity contribution < 1.29 is 4.79 Å². The molecule has 0 unspecified atom stereocenters. The average Bonchev–Trinajstić information content (AvgIpc) is 3.13. The highest BCUT2D eigenvalue weighted by atomic mass is 16.2. The number of H-pyrrole nitrogens is 1. The van der Waals surface area contributed by atoms with Crippen molar-refractivity contribution in [3.05, 3.63) is 48.0 Å². The molecule has 1 aromatic carbocycles. The van der Waals surface area contributed by atoms with E-state index in [-0.39, 0.29) is 6.03 Å². The summed E-state index contributed by atoms with van der Waals surface area (Å²) in [4.78, 5) is 23.9. The molecule has 3 rings (SSSR count). The van der Waals surface area contributed by atoms with E-state index in [2.05, 4.69) is 20.2 Å². The number of piperazine rings is 1. The number of nitrogens with zero attached hydrogens (tertiary/aromatic N) is 3. The number of hydrogen-bond acceptors (Lipinski definition) is 3. The summed E-state index contributed by atoms with van der Waals surface area (Å²) in [6, 6.07) is 7.92. The Morgan fingerprint density at radius 1 is 1.24 bits per heavy atom. The summed E-state index contributed by atoms with van der Waals surface area (Å²) in [7, 11) is 0. The van der Waals surface area contributed by atoms with Crippen LogP contribution in [0.5, 0.6) is 0 Å². The number of imidazole rings is 1. The monoisotopic (exact) mass is 341 g/mol. The number of nitrogens with one attached hydrogen (secondary N) is 2. The second-order valence-electron chi connectivity index (χ2n) is 6.66. The standard InChI is InChI=1S/C19H27N5O/c1-16-5-4-7-17(13-16)22-19(25)24-11-9-23(10-12-24)8-3-2-6-18-14-20-15-21-18/h4-5,7,13-15H,2-3,6,8-12H2,1H3,(H,20,21)(H,22,25). The summed E-state index contributed by atoms with van der Waals surface area (Å²) in [5.41, 5.74) is 3.22. The molecule has 2 amide bonds. The van der Waals surface area contributed by atoms with Gasteiger partial charge in [-0.3, -0.25) is 4.90 Å². The molecule has 0 spiro atoms. The van der Waals surface area contributed by atoms with Crippen LogP contribution in [-0.4, -0.2) is 58.5 Å². The van der Waals surface area contributed by atoms with Gasteiger partial charge in [0, 0.05) is 43.8 Å². The van der Waals surface area contributed by atoms with Crippen LogP contribution in [0.25, 0.3) is 0 Å². The largest absolute Gasteiger partial charge is 0.348 e.